The minimum absolute atomic E-state index is 0.0319. The molecule has 2 N–H and O–H groups in total. The van der Waals surface area contributed by atoms with Crippen molar-refractivity contribution in [3.05, 3.63) is 22.8 Å². The SMILES string of the molecule is COc1cc(C)c(C)c(C2(C(=O)O)CC2)c1O. The molecule has 0 heterocycles. The van der Waals surface area contributed by atoms with Crippen molar-refractivity contribution in [3.63, 3.8) is 0 Å². The first kappa shape index (κ1) is 11.8. The minimum atomic E-state index is -0.909. The van der Waals surface area contributed by atoms with Gasteiger partial charge in [0.15, 0.2) is 11.5 Å². The third-order valence-electron chi connectivity index (χ3n) is 3.64. The van der Waals surface area contributed by atoms with Gasteiger partial charge in [-0.3, -0.25) is 4.79 Å². The second-order valence-corrected chi connectivity index (χ2v) is 4.63. The molecular formula is C13H16O4. The minimum Gasteiger partial charge on any atom is -0.504 e. The Bertz CT molecular complexity index is 487. The number of carboxylic acid groups (broad SMARTS) is 1. The van der Waals surface area contributed by atoms with Crippen LogP contribution < -0.4 is 4.74 Å². The van der Waals surface area contributed by atoms with Gasteiger partial charge in [0, 0.05) is 5.56 Å². The molecule has 0 spiro atoms. The van der Waals surface area contributed by atoms with Crippen molar-refractivity contribution in [2.45, 2.75) is 32.1 Å². The van der Waals surface area contributed by atoms with Crippen molar-refractivity contribution in [1.29, 1.82) is 0 Å². The van der Waals surface area contributed by atoms with Gasteiger partial charge in [-0.15, -0.1) is 0 Å². The molecule has 0 amide bonds. The predicted octanol–water partition coefficient (Wildman–Crippen LogP) is 2.13. The predicted molar refractivity (Wildman–Crippen MR) is 62.7 cm³/mol. The fourth-order valence-electron chi connectivity index (χ4n) is 2.31. The van der Waals surface area contributed by atoms with E-state index < -0.39 is 11.4 Å². The Balaban J connectivity index is 2.69. The van der Waals surface area contributed by atoms with Gasteiger partial charge in [-0.1, -0.05) is 0 Å². The molecule has 1 aliphatic carbocycles. The number of hydrogen-bond acceptors (Lipinski definition) is 3. The van der Waals surface area contributed by atoms with Crippen LogP contribution in [0, 0.1) is 13.8 Å². The second kappa shape index (κ2) is 3.65. The topological polar surface area (TPSA) is 66.8 Å². The summed E-state index contributed by atoms with van der Waals surface area (Å²) in [5.41, 5.74) is 1.38. The molecule has 0 bridgehead atoms. The van der Waals surface area contributed by atoms with Crippen molar-refractivity contribution in [2.24, 2.45) is 0 Å². The van der Waals surface area contributed by atoms with E-state index in [1.807, 2.05) is 13.8 Å². The van der Waals surface area contributed by atoms with Crippen molar-refractivity contribution in [3.8, 4) is 11.5 Å². The van der Waals surface area contributed by atoms with Gasteiger partial charge in [0.25, 0.3) is 0 Å². The third-order valence-corrected chi connectivity index (χ3v) is 3.64. The maximum Gasteiger partial charge on any atom is 0.314 e. The van der Waals surface area contributed by atoms with Gasteiger partial charge in [0.05, 0.1) is 12.5 Å². The molecule has 0 aliphatic heterocycles. The zero-order valence-electron chi connectivity index (χ0n) is 10.2. The van der Waals surface area contributed by atoms with Crippen LogP contribution in [0.3, 0.4) is 0 Å². The molecule has 17 heavy (non-hydrogen) atoms. The average Bonchev–Trinajstić information content (AvgIpc) is 3.05. The number of carboxylic acids is 1. The molecule has 1 saturated carbocycles. The molecule has 0 atom stereocenters. The van der Waals surface area contributed by atoms with E-state index in [4.69, 9.17) is 4.74 Å². The van der Waals surface area contributed by atoms with Crippen LogP contribution in [0.25, 0.3) is 0 Å². The van der Waals surface area contributed by atoms with Crippen LogP contribution in [0.15, 0.2) is 6.07 Å². The summed E-state index contributed by atoms with van der Waals surface area (Å²) in [6.45, 7) is 3.73. The Morgan fingerprint density at radius 2 is 2.00 bits per heavy atom. The van der Waals surface area contributed by atoms with Gasteiger partial charge in [0.1, 0.15) is 0 Å². The number of aryl methyl sites for hydroxylation is 1. The number of benzene rings is 1. The van der Waals surface area contributed by atoms with Gasteiger partial charge >= 0.3 is 5.97 Å². The van der Waals surface area contributed by atoms with Crippen molar-refractivity contribution in [2.75, 3.05) is 7.11 Å². The number of aromatic hydroxyl groups is 1. The summed E-state index contributed by atoms with van der Waals surface area (Å²) in [6, 6.07) is 1.73. The van der Waals surface area contributed by atoms with E-state index in [2.05, 4.69) is 0 Å². The molecule has 1 aromatic rings. The average molecular weight is 236 g/mol. The Morgan fingerprint density at radius 3 is 2.41 bits per heavy atom. The number of hydrogen-bond donors (Lipinski definition) is 2. The van der Waals surface area contributed by atoms with Gasteiger partial charge in [-0.05, 0) is 43.9 Å². The highest BCUT2D eigenvalue weighted by molar-refractivity contribution is 5.87. The summed E-state index contributed by atoms with van der Waals surface area (Å²) in [5, 5.41) is 19.4. The normalized spacial score (nSPS) is 16.6. The van der Waals surface area contributed by atoms with Crippen LogP contribution in [-0.2, 0) is 10.2 Å². The van der Waals surface area contributed by atoms with Crippen LogP contribution in [0.1, 0.15) is 29.5 Å². The van der Waals surface area contributed by atoms with Gasteiger partial charge in [-0.25, -0.2) is 0 Å². The highest BCUT2D eigenvalue weighted by Crippen LogP contribution is 2.54. The standard InChI is InChI=1S/C13H16O4/c1-7-6-9(17-3)11(14)10(8(7)2)13(4-5-13)12(15)16/h6,14H,4-5H2,1-3H3,(H,15,16). The maximum absolute atomic E-state index is 11.3. The van der Waals surface area contributed by atoms with Gasteiger partial charge < -0.3 is 14.9 Å². The van der Waals surface area contributed by atoms with E-state index in [1.165, 1.54) is 7.11 Å². The Kier molecular flexibility index (Phi) is 2.53. The van der Waals surface area contributed by atoms with Crippen LogP contribution >= 0.6 is 0 Å². The van der Waals surface area contributed by atoms with Gasteiger partial charge in [0.2, 0.25) is 0 Å². The van der Waals surface area contributed by atoms with Crippen LogP contribution in [-0.4, -0.2) is 23.3 Å². The zero-order chi connectivity index (χ0) is 12.8. The number of carbonyl (C=O) groups is 1. The number of phenols is 1. The molecule has 92 valence electrons. The Hall–Kier alpha value is -1.71. The van der Waals surface area contributed by atoms with E-state index in [0.29, 0.717) is 24.2 Å². The number of aliphatic carboxylic acids is 1. The smallest absolute Gasteiger partial charge is 0.314 e. The zero-order valence-corrected chi connectivity index (χ0v) is 10.2. The number of phenolic OH excluding ortho intramolecular Hbond substituents is 1. The first-order valence-electron chi connectivity index (χ1n) is 5.55. The Morgan fingerprint density at radius 1 is 1.41 bits per heavy atom. The second-order valence-electron chi connectivity index (χ2n) is 4.63. The summed E-state index contributed by atoms with van der Waals surface area (Å²) >= 11 is 0. The maximum atomic E-state index is 11.3. The molecular weight excluding hydrogens is 220 g/mol. The summed E-state index contributed by atoms with van der Waals surface area (Å²) in [6.07, 6.45) is 1.15. The lowest BCUT2D eigenvalue weighted by Gasteiger charge is -2.19. The van der Waals surface area contributed by atoms with Crippen LogP contribution in [0.4, 0.5) is 0 Å². The van der Waals surface area contributed by atoms with Crippen molar-refractivity contribution in [1.82, 2.24) is 0 Å². The molecule has 0 unspecified atom stereocenters. The van der Waals surface area contributed by atoms with E-state index >= 15 is 0 Å². The molecule has 1 fully saturated rings. The first-order chi connectivity index (χ1) is 7.94. The van der Waals surface area contributed by atoms with E-state index in [9.17, 15) is 15.0 Å². The molecule has 1 aromatic carbocycles. The fourth-order valence-corrected chi connectivity index (χ4v) is 2.31. The molecule has 0 aromatic heterocycles. The van der Waals surface area contributed by atoms with E-state index in [0.717, 1.165) is 11.1 Å². The lowest BCUT2D eigenvalue weighted by Crippen LogP contribution is -2.21. The molecule has 0 radical (unpaired) electrons. The monoisotopic (exact) mass is 236 g/mol. The van der Waals surface area contributed by atoms with Crippen LogP contribution in [0.5, 0.6) is 11.5 Å². The number of methoxy groups -OCH3 is 1. The van der Waals surface area contributed by atoms with Crippen molar-refractivity contribution < 1.29 is 19.7 Å². The molecule has 2 rings (SSSR count). The Labute approximate surface area is 99.8 Å². The molecule has 1 aliphatic rings. The largest absolute Gasteiger partial charge is 0.504 e. The quantitative estimate of drug-likeness (QED) is 0.843. The number of ether oxygens (including phenoxy) is 1. The lowest BCUT2D eigenvalue weighted by atomic mass is 9.88. The van der Waals surface area contributed by atoms with E-state index in [1.54, 1.807) is 6.07 Å². The molecule has 4 nitrogen and oxygen atoms in total. The number of rotatable bonds is 3. The van der Waals surface area contributed by atoms with E-state index in [-0.39, 0.29) is 5.75 Å². The summed E-state index contributed by atoms with van der Waals surface area (Å²) < 4.78 is 5.08. The van der Waals surface area contributed by atoms with Crippen molar-refractivity contribution >= 4 is 5.97 Å². The summed E-state index contributed by atoms with van der Waals surface area (Å²) in [5.74, 6) is -0.560. The molecule has 4 heteroatoms. The summed E-state index contributed by atoms with van der Waals surface area (Å²) in [4.78, 5) is 11.3. The molecule has 0 saturated heterocycles. The van der Waals surface area contributed by atoms with Gasteiger partial charge in [-0.2, -0.15) is 0 Å². The lowest BCUT2D eigenvalue weighted by molar-refractivity contribution is -0.140. The highest BCUT2D eigenvalue weighted by atomic mass is 16.5. The first-order valence-corrected chi connectivity index (χ1v) is 5.55. The third kappa shape index (κ3) is 1.55. The summed E-state index contributed by atoms with van der Waals surface area (Å²) in [7, 11) is 1.47. The van der Waals surface area contributed by atoms with Crippen LogP contribution in [0.2, 0.25) is 0 Å². The highest BCUT2D eigenvalue weighted by Gasteiger charge is 2.54. The fraction of sp³-hybridized carbons (Fsp3) is 0.462.